The van der Waals surface area contributed by atoms with Gasteiger partial charge in [0, 0.05) is 24.7 Å². The number of pyridine rings is 1. The van der Waals surface area contributed by atoms with Crippen LogP contribution in [-0.4, -0.2) is 24.3 Å². The topological polar surface area (TPSA) is 80.3 Å². The van der Waals surface area contributed by atoms with Gasteiger partial charge in [-0.1, -0.05) is 60.7 Å². The van der Waals surface area contributed by atoms with Crippen molar-refractivity contribution in [2.45, 2.75) is 31.5 Å². The zero-order valence-corrected chi connectivity index (χ0v) is 17.1. The molecule has 156 valence electrons. The molecule has 2 atom stereocenters. The zero-order valence-electron chi connectivity index (χ0n) is 17.1. The Morgan fingerprint density at radius 2 is 1.61 bits per heavy atom. The van der Waals surface area contributed by atoms with Crippen LogP contribution in [0.2, 0.25) is 0 Å². The fourth-order valence-corrected chi connectivity index (χ4v) is 4.64. The number of fused-ring (bicyclic) bond motifs is 3. The quantitative estimate of drug-likeness (QED) is 0.532. The van der Waals surface area contributed by atoms with Gasteiger partial charge in [-0.3, -0.25) is 4.79 Å². The van der Waals surface area contributed by atoms with Gasteiger partial charge in [-0.2, -0.15) is 0 Å². The normalized spacial score (nSPS) is 16.0. The van der Waals surface area contributed by atoms with E-state index in [9.17, 15) is 15.0 Å². The molecule has 0 spiro atoms. The van der Waals surface area contributed by atoms with Crippen LogP contribution in [0.1, 0.15) is 41.8 Å². The Labute approximate surface area is 179 Å². The highest BCUT2D eigenvalue weighted by Crippen LogP contribution is 2.43. The summed E-state index contributed by atoms with van der Waals surface area (Å²) in [6, 6.07) is 21.7. The molecule has 4 aromatic rings. The lowest BCUT2D eigenvalue weighted by atomic mass is 9.83. The van der Waals surface area contributed by atoms with E-state index in [1.165, 1.54) is 6.07 Å². The second kappa shape index (κ2) is 7.56. The predicted molar refractivity (Wildman–Crippen MR) is 118 cm³/mol. The van der Waals surface area contributed by atoms with Crippen LogP contribution in [0.4, 0.5) is 0 Å². The van der Waals surface area contributed by atoms with Gasteiger partial charge < -0.3 is 19.3 Å². The SMILES string of the molecule is CC(O)c1cnc2n1C[C@H](C(c1ccccc1)c1ccccc1)n1ccc(=O)c(O)c1-2. The summed E-state index contributed by atoms with van der Waals surface area (Å²) in [5.74, 6) is 0.124. The number of nitrogens with zero attached hydrogens (tertiary/aromatic N) is 3. The number of hydrogen-bond acceptors (Lipinski definition) is 4. The van der Waals surface area contributed by atoms with Crippen LogP contribution in [0.15, 0.2) is 83.9 Å². The van der Waals surface area contributed by atoms with Crippen LogP contribution < -0.4 is 5.43 Å². The average Bonchev–Trinajstić information content (AvgIpc) is 3.22. The minimum absolute atomic E-state index is 0.0412. The molecular weight excluding hydrogens is 390 g/mol. The van der Waals surface area contributed by atoms with Gasteiger partial charge in [0.25, 0.3) is 0 Å². The lowest BCUT2D eigenvalue weighted by Gasteiger charge is -2.36. The fraction of sp³-hybridized carbons (Fsp3) is 0.200. The molecule has 0 radical (unpaired) electrons. The maximum absolute atomic E-state index is 12.3. The number of aliphatic hydroxyl groups excluding tert-OH is 1. The molecule has 0 fully saturated rings. The average molecular weight is 413 g/mol. The first-order valence-electron chi connectivity index (χ1n) is 10.3. The predicted octanol–water partition coefficient (Wildman–Crippen LogP) is 3.86. The van der Waals surface area contributed by atoms with Crippen molar-refractivity contribution in [3.05, 3.63) is 106 Å². The lowest BCUT2D eigenvalue weighted by molar-refractivity contribution is 0.186. The molecule has 0 saturated carbocycles. The van der Waals surface area contributed by atoms with Crippen LogP contribution in [0.5, 0.6) is 5.75 Å². The van der Waals surface area contributed by atoms with Crippen LogP contribution in [-0.2, 0) is 6.54 Å². The third-order valence-corrected chi connectivity index (χ3v) is 6.06. The monoisotopic (exact) mass is 413 g/mol. The minimum Gasteiger partial charge on any atom is -0.503 e. The van der Waals surface area contributed by atoms with Gasteiger partial charge in [-0.05, 0) is 18.1 Å². The highest BCUT2D eigenvalue weighted by Gasteiger charge is 2.35. The standard InChI is InChI=1S/C25H23N3O3/c1-16(29)19-14-26-25-23-24(31)21(30)12-13-27(23)20(15-28(19)25)22(17-8-4-2-5-9-17)18-10-6-3-7-11-18/h2-14,16,20,22,29,31H,15H2,1H3/t16?,20-/m1/s1. The van der Waals surface area contributed by atoms with Gasteiger partial charge in [-0.25, -0.2) is 4.98 Å². The lowest BCUT2D eigenvalue weighted by Crippen LogP contribution is -2.31. The Hall–Kier alpha value is -3.64. The summed E-state index contributed by atoms with van der Waals surface area (Å²) in [5.41, 5.74) is 2.85. The first kappa shape index (κ1) is 19.3. The number of imidazole rings is 1. The first-order chi connectivity index (χ1) is 15.1. The van der Waals surface area contributed by atoms with E-state index in [1.807, 2.05) is 45.5 Å². The summed E-state index contributed by atoms with van der Waals surface area (Å²) in [5, 5.41) is 21.0. The number of benzene rings is 2. The molecule has 2 aromatic heterocycles. The number of aromatic hydroxyl groups is 1. The maximum Gasteiger partial charge on any atom is 0.223 e. The second-order valence-corrected chi connectivity index (χ2v) is 7.94. The van der Waals surface area contributed by atoms with Crippen LogP contribution in [0.25, 0.3) is 11.5 Å². The molecule has 1 aliphatic heterocycles. The largest absolute Gasteiger partial charge is 0.503 e. The summed E-state index contributed by atoms with van der Waals surface area (Å²) in [6.07, 6.45) is 2.63. The summed E-state index contributed by atoms with van der Waals surface area (Å²) < 4.78 is 3.87. The Kier molecular flexibility index (Phi) is 4.71. The van der Waals surface area contributed by atoms with E-state index in [0.29, 0.717) is 23.8 Å². The van der Waals surface area contributed by atoms with Gasteiger partial charge in [0.1, 0.15) is 5.69 Å². The maximum atomic E-state index is 12.3. The molecule has 5 rings (SSSR count). The minimum atomic E-state index is -0.724. The number of rotatable bonds is 4. The van der Waals surface area contributed by atoms with E-state index in [4.69, 9.17) is 0 Å². The molecule has 6 nitrogen and oxygen atoms in total. The Bertz CT molecular complexity index is 1240. The van der Waals surface area contributed by atoms with Crippen LogP contribution in [0.3, 0.4) is 0 Å². The Morgan fingerprint density at radius 3 is 2.19 bits per heavy atom. The molecule has 1 aliphatic rings. The van der Waals surface area contributed by atoms with E-state index < -0.39 is 11.5 Å². The summed E-state index contributed by atoms with van der Waals surface area (Å²) in [4.78, 5) is 16.8. The van der Waals surface area contributed by atoms with Crippen molar-refractivity contribution < 1.29 is 10.2 Å². The van der Waals surface area contributed by atoms with Crippen molar-refractivity contribution >= 4 is 0 Å². The third kappa shape index (κ3) is 3.16. The van der Waals surface area contributed by atoms with E-state index in [-0.39, 0.29) is 17.7 Å². The van der Waals surface area contributed by atoms with Crippen molar-refractivity contribution in [2.75, 3.05) is 0 Å². The number of aromatic nitrogens is 3. The van der Waals surface area contributed by atoms with Crippen molar-refractivity contribution in [2.24, 2.45) is 0 Å². The number of hydrogen-bond donors (Lipinski definition) is 2. The van der Waals surface area contributed by atoms with Gasteiger partial charge >= 0.3 is 0 Å². The molecule has 31 heavy (non-hydrogen) atoms. The van der Waals surface area contributed by atoms with Crippen molar-refractivity contribution in [3.63, 3.8) is 0 Å². The molecule has 3 heterocycles. The molecular formula is C25H23N3O3. The van der Waals surface area contributed by atoms with Gasteiger partial charge in [0.15, 0.2) is 11.6 Å². The van der Waals surface area contributed by atoms with Crippen molar-refractivity contribution in [1.29, 1.82) is 0 Å². The second-order valence-electron chi connectivity index (χ2n) is 7.94. The van der Waals surface area contributed by atoms with Crippen LogP contribution in [0, 0.1) is 0 Å². The molecule has 6 heteroatoms. The van der Waals surface area contributed by atoms with Crippen molar-refractivity contribution in [1.82, 2.24) is 14.1 Å². The molecule has 1 unspecified atom stereocenters. The third-order valence-electron chi connectivity index (χ3n) is 6.06. The molecule has 2 aromatic carbocycles. The Morgan fingerprint density at radius 1 is 1.00 bits per heavy atom. The summed E-state index contributed by atoms with van der Waals surface area (Å²) >= 11 is 0. The smallest absolute Gasteiger partial charge is 0.223 e. The number of aliphatic hydroxyl groups is 1. The molecule has 2 N–H and O–H groups in total. The highest BCUT2D eigenvalue weighted by atomic mass is 16.3. The van der Waals surface area contributed by atoms with Gasteiger partial charge in [0.05, 0.1) is 24.0 Å². The first-order valence-corrected chi connectivity index (χ1v) is 10.3. The molecule has 0 amide bonds. The van der Waals surface area contributed by atoms with E-state index in [0.717, 1.165) is 11.1 Å². The fourth-order valence-electron chi connectivity index (χ4n) is 4.64. The van der Waals surface area contributed by atoms with E-state index >= 15 is 0 Å². The van der Waals surface area contributed by atoms with E-state index in [2.05, 4.69) is 29.2 Å². The molecule has 0 saturated heterocycles. The van der Waals surface area contributed by atoms with Crippen LogP contribution >= 0.6 is 0 Å². The zero-order chi connectivity index (χ0) is 21.5. The van der Waals surface area contributed by atoms with E-state index in [1.54, 1.807) is 19.3 Å². The Balaban J connectivity index is 1.78. The summed E-state index contributed by atoms with van der Waals surface area (Å²) in [6.45, 7) is 2.23. The molecule has 0 bridgehead atoms. The summed E-state index contributed by atoms with van der Waals surface area (Å²) in [7, 11) is 0. The molecule has 0 aliphatic carbocycles. The highest BCUT2D eigenvalue weighted by molar-refractivity contribution is 5.62. The van der Waals surface area contributed by atoms with Gasteiger partial charge in [0.2, 0.25) is 5.43 Å². The van der Waals surface area contributed by atoms with Crippen molar-refractivity contribution in [3.8, 4) is 17.3 Å². The van der Waals surface area contributed by atoms with Gasteiger partial charge in [-0.15, -0.1) is 0 Å².